The molecule has 1 aliphatic heterocycles. The third-order valence-electron chi connectivity index (χ3n) is 3.47. The maximum Gasteiger partial charge on any atom is 0.253 e. The van der Waals surface area contributed by atoms with E-state index in [9.17, 15) is 9.90 Å². The number of hydrogen-bond acceptors (Lipinski definition) is 3. The summed E-state index contributed by atoms with van der Waals surface area (Å²) in [5, 5.41) is 9.55. The number of aryl methyl sites for hydroxylation is 1. The Morgan fingerprint density at radius 2 is 2.11 bits per heavy atom. The van der Waals surface area contributed by atoms with Crippen LogP contribution in [0.2, 0.25) is 0 Å². The molecule has 1 amide bonds. The van der Waals surface area contributed by atoms with Crippen molar-refractivity contribution in [2.24, 2.45) is 0 Å². The van der Waals surface area contributed by atoms with Gasteiger partial charge in [0, 0.05) is 12.2 Å². The number of aliphatic hydroxyl groups excluding tert-OH is 1. The number of nitrogens with zero attached hydrogens (tertiary/aromatic N) is 1. The highest BCUT2D eigenvalue weighted by molar-refractivity contribution is 5.94. The zero-order valence-electron chi connectivity index (χ0n) is 11.3. The molecular formula is C15H21NO3. The van der Waals surface area contributed by atoms with Crippen LogP contribution in [0.1, 0.15) is 25.3 Å². The first-order valence-electron chi connectivity index (χ1n) is 6.86. The summed E-state index contributed by atoms with van der Waals surface area (Å²) in [5.41, 5.74) is 2.12. The molecule has 0 bridgehead atoms. The standard InChI is InChI=1S/C15H21NO3/c1-2-14(17)8-5-12-3-6-13(7-4-12)16-9-10-19-11-15(16)18/h3-4,6-7,14,17H,2,5,8-11H2,1H3/t14-/m0/s1. The number of benzene rings is 1. The molecular weight excluding hydrogens is 242 g/mol. The van der Waals surface area contributed by atoms with Gasteiger partial charge in [0.05, 0.1) is 12.7 Å². The Morgan fingerprint density at radius 1 is 1.37 bits per heavy atom. The van der Waals surface area contributed by atoms with E-state index in [1.807, 2.05) is 31.2 Å². The molecule has 0 spiro atoms. The van der Waals surface area contributed by atoms with Gasteiger partial charge in [-0.1, -0.05) is 19.1 Å². The van der Waals surface area contributed by atoms with Crippen molar-refractivity contribution in [2.45, 2.75) is 32.3 Å². The number of hydrogen-bond donors (Lipinski definition) is 1. The summed E-state index contributed by atoms with van der Waals surface area (Å²) in [7, 11) is 0. The predicted molar refractivity (Wildman–Crippen MR) is 74.2 cm³/mol. The number of rotatable bonds is 5. The first-order chi connectivity index (χ1) is 9.20. The lowest BCUT2D eigenvalue weighted by Crippen LogP contribution is -2.41. The molecule has 1 heterocycles. The zero-order chi connectivity index (χ0) is 13.7. The van der Waals surface area contributed by atoms with Gasteiger partial charge in [0.2, 0.25) is 0 Å². The van der Waals surface area contributed by atoms with Crippen LogP contribution in [0.4, 0.5) is 5.69 Å². The first kappa shape index (κ1) is 14.0. The van der Waals surface area contributed by atoms with Crippen molar-refractivity contribution in [3.8, 4) is 0 Å². The number of morpholine rings is 1. The Labute approximate surface area is 114 Å². The molecule has 19 heavy (non-hydrogen) atoms. The largest absolute Gasteiger partial charge is 0.393 e. The molecule has 4 heteroatoms. The van der Waals surface area contributed by atoms with Crippen LogP contribution in [0.5, 0.6) is 0 Å². The highest BCUT2D eigenvalue weighted by atomic mass is 16.5. The molecule has 0 radical (unpaired) electrons. The minimum atomic E-state index is -0.222. The average Bonchev–Trinajstić information content (AvgIpc) is 2.46. The van der Waals surface area contributed by atoms with Crippen molar-refractivity contribution in [2.75, 3.05) is 24.7 Å². The molecule has 4 nitrogen and oxygen atoms in total. The summed E-state index contributed by atoms with van der Waals surface area (Å²) in [6.07, 6.45) is 2.22. The topological polar surface area (TPSA) is 49.8 Å². The van der Waals surface area contributed by atoms with Gasteiger partial charge >= 0.3 is 0 Å². The number of carbonyl (C=O) groups excluding carboxylic acids is 1. The van der Waals surface area contributed by atoms with Crippen LogP contribution in [0.25, 0.3) is 0 Å². The summed E-state index contributed by atoms with van der Waals surface area (Å²) < 4.78 is 5.12. The molecule has 1 atom stereocenters. The van der Waals surface area contributed by atoms with E-state index in [0.29, 0.717) is 13.2 Å². The van der Waals surface area contributed by atoms with Gasteiger partial charge in [-0.15, -0.1) is 0 Å². The Bertz CT molecular complexity index is 416. The second-order valence-electron chi connectivity index (χ2n) is 4.87. The SMILES string of the molecule is CC[C@H](O)CCc1ccc(N2CCOCC2=O)cc1. The first-order valence-corrected chi connectivity index (χ1v) is 6.86. The van der Waals surface area contributed by atoms with Crippen molar-refractivity contribution < 1.29 is 14.6 Å². The number of carbonyl (C=O) groups is 1. The summed E-state index contributed by atoms with van der Waals surface area (Å²) >= 11 is 0. The number of amides is 1. The highest BCUT2D eigenvalue weighted by Gasteiger charge is 2.19. The molecule has 1 aromatic rings. The molecule has 0 unspecified atom stereocenters. The van der Waals surface area contributed by atoms with Crippen molar-refractivity contribution in [1.82, 2.24) is 0 Å². The third-order valence-corrected chi connectivity index (χ3v) is 3.47. The van der Waals surface area contributed by atoms with E-state index >= 15 is 0 Å². The van der Waals surface area contributed by atoms with Gasteiger partial charge in [0.25, 0.3) is 5.91 Å². The van der Waals surface area contributed by atoms with Crippen LogP contribution in [0.3, 0.4) is 0 Å². The van der Waals surface area contributed by atoms with E-state index in [0.717, 1.165) is 24.9 Å². The Hall–Kier alpha value is -1.39. The molecule has 1 aliphatic rings. The summed E-state index contributed by atoms with van der Waals surface area (Å²) in [4.78, 5) is 13.5. The van der Waals surface area contributed by atoms with Gasteiger partial charge < -0.3 is 14.7 Å². The van der Waals surface area contributed by atoms with Crippen LogP contribution in [0, 0.1) is 0 Å². The molecule has 1 aromatic carbocycles. The molecule has 104 valence electrons. The lowest BCUT2D eigenvalue weighted by molar-refractivity contribution is -0.125. The zero-order valence-corrected chi connectivity index (χ0v) is 11.3. The van der Waals surface area contributed by atoms with Crippen LogP contribution in [-0.2, 0) is 16.0 Å². The fraction of sp³-hybridized carbons (Fsp3) is 0.533. The van der Waals surface area contributed by atoms with Gasteiger partial charge in [-0.2, -0.15) is 0 Å². The quantitative estimate of drug-likeness (QED) is 0.880. The van der Waals surface area contributed by atoms with Gasteiger partial charge in [-0.25, -0.2) is 0 Å². The molecule has 1 N–H and O–H groups in total. The van der Waals surface area contributed by atoms with Crippen molar-refractivity contribution in [3.05, 3.63) is 29.8 Å². The minimum absolute atomic E-state index is 0.0143. The lowest BCUT2D eigenvalue weighted by Gasteiger charge is -2.26. The molecule has 0 aliphatic carbocycles. The van der Waals surface area contributed by atoms with Gasteiger partial charge in [0.1, 0.15) is 6.61 Å². The van der Waals surface area contributed by atoms with Crippen molar-refractivity contribution in [3.63, 3.8) is 0 Å². The van der Waals surface area contributed by atoms with Gasteiger partial charge in [0.15, 0.2) is 0 Å². The van der Waals surface area contributed by atoms with E-state index < -0.39 is 0 Å². The monoisotopic (exact) mass is 263 g/mol. The predicted octanol–water partition coefficient (Wildman–Crippen LogP) is 1.75. The fourth-order valence-corrected chi connectivity index (χ4v) is 2.17. The van der Waals surface area contributed by atoms with E-state index in [2.05, 4.69) is 0 Å². The number of ether oxygens (including phenoxy) is 1. The van der Waals surface area contributed by atoms with Crippen molar-refractivity contribution in [1.29, 1.82) is 0 Å². The Morgan fingerprint density at radius 3 is 2.74 bits per heavy atom. The van der Waals surface area contributed by atoms with Crippen LogP contribution < -0.4 is 4.90 Å². The molecule has 2 rings (SSSR count). The summed E-state index contributed by atoms with van der Waals surface area (Å²) in [6.45, 7) is 3.37. The van der Waals surface area contributed by atoms with E-state index in [1.165, 1.54) is 5.56 Å². The minimum Gasteiger partial charge on any atom is -0.393 e. The third kappa shape index (κ3) is 3.78. The Kier molecular flexibility index (Phi) is 4.93. The van der Waals surface area contributed by atoms with Crippen LogP contribution in [0.15, 0.2) is 24.3 Å². The number of anilines is 1. The van der Waals surface area contributed by atoms with Gasteiger partial charge in [-0.3, -0.25) is 4.79 Å². The highest BCUT2D eigenvalue weighted by Crippen LogP contribution is 2.18. The number of aliphatic hydroxyl groups is 1. The summed E-state index contributed by atoms with van der Waals surface area (Å²) in [5.74, 6) is 0.0143. The van der Waals surface area contributed by atoms with Crippen LogP contribution in [-0.4, -0.2) is 36.9 Å². The Balaban J connectivity index is 1.95. The molecule has 1 fully saturated rings. The average molecular weight is 263 g/mol. The molecule has 0 aromatic heterocycles. The van der Waals surface area contributed by atoms with E-state index in [4.69, 9.17) is 4.74 Å². The second kappa shape index (κ2) is 6.68. The maximum atomic E-state index is 11.7. The van der Waals surface area contributed by atoms with E-state index in [-0.39, 0.29) is 18.6 Å². The van der Waals surface area contributed by atoms with E-state index in [1.54, 1.807) is 4.90 Å². The summed E-state index contributed by atoms with van der Waals surface area (Å²) in [6, 6.07) is 7.99. The molecule has 0 saturated carbocycles. The maximum absolute atomic E-state index is 11.7. The van der Waals surface area contributed by atoms with Gasteiger partial charge in [-0.05, 0) is 37.0 Å². The second-order valence-corrected chi connectivity index (χ2v) is 4.87. The van der Waals surface area contributed by atoms with Crippen molar-refractivity contribution >= 4 is 11.6 Å². The normalized spacial score (nSPS) is 17.6. The lowest BCUT2D eigenvalue weighted by atomic mass is 10.0. The van der Waals surface area contributed by atoms with Crippen LogP contribution >= 0.6 is 0 Å². The fourth-order valence-electron chi connectivity index (χ4n) is 2.17. The smallest absolute Gasteiger partial charge is 0.253 e. The molecule has 1 saturated heterocycles.